The Labute approximate surface area is 170 Å². The number of hydrogen-bond donors (Lipinski definition) is 1. The maximum absolute atomic E-state index is 12.7. The van der Waals surface area contributed by atoms with Crippen molar-refractivity contribution in [3.63, 3.8) is 0 Å². The molecule has 2 aliphatic rings. The lowest BCUT2D eigenvalue weighted by molar-refractivity contribution is 0.0834. The van der Waals surface area contributed by atoms with E-state index in [1.54, 1.807) is 24.3 Å². The minimum Gasteiger partial charge on any atom is -0.349 e. The number of aryl methyl sites for hydroxylation is 1. The first-order chi connectivity index (χ1) is 13.6. The Morgan fingerprint density at radius 2 is 1.89 bits per heavy atom. The van der Waals surface area contributed by atoms with Crippen LogP contribution in [0.4, 0.5) is 0 Å². The highest BCUT2D eigenvalue weighted by molar-refractivity contribution is 6.30. The van der Waals surface area contributed by atoms with Gasteiger partial charge in [-0.1, -0.05) is 29.8 Å². The number of nitrogens with one attached hydrogen (secondary N) is 1. The van der Waals surface area contributed by atoms with Crippen LogP contribution in [-0.4, -0.2) is 34.5 Å². The van der Waals surface area contributed by atoms with Crippen molar-refractivity contribution in [1.29, 1.82) is 0 Å². The molecule has 1 N–H and O–H groups in total. The number of piperidine rings is 1. The van der Waals surface area contributed by atoms with Crippen LogP contribution in [0, 0.1) is 0 Å². The largest absolute Gasteiger partial charge is 0.349 e. The summed E-state index contributed by atoms with van der Waals surface area (Å²) < 4.78 is 2.37. The number of benzene rings is 2. The average molecular weight is 394 g/mol. The van der Waals surface area contributed by atoms with Crippen molar-refractivity contribution in [2.24, 2.45) is 7.05 Å². The second-order valence-electron chi connectivity index (χ2n) is 7.94. The van der Waals surface area contributed by atoms with Crippen molar-refractivity contribution >= 4 is 28.4 Å². The fourth-order valence-electron chi connectivity index (χ4n) is 5.00. The van der Waals surface area contributed by atoms with Gasteiger partial charge in [-0.05, 0) is 55.2 Å². The normalized spacial score (nSPS) is 21.9. The first-order valence-electron chi connectivity index (χ1n) is 9.98. The Kier molecular flexibility index (Phi) is 4.41. The van der Waals surface area contributed by atoms with Gasteiger partial charge in [0.1, 0.15) is 0 Å². The first-order valence-corrected chi connectivity index (χ1v) is 10.4. The molecule has 28 heavy (non-hydrogen) atoms. The molecule has 1 fully saturated rings. The molecular weight excluding hydrogens is 370 g/mol. The monoisotopic (exact) mass is 393 g/mol. The van der Waals surface area contributed by atoms with Crippen LogP contribution in [0.3, 0.4) is 0 Å². The van der Waals surface area contributed by atoms with Gasteiger partial charge in [-0.2, -0.15) is 0 Å². The fraction of sp³-hybridized carbons (Fsp3) is 0.348. The number of amides is 1. The summed E-state index contributed by atoms with van der Waals surface area (Å²) >= 11 is 5.94. The number of halogens is 1. The molecule has 1 aromatic heterocycles. The molecule has 0 spiro atoms. The number of para-hydroxylation sites is 1. The maximum atomic E-state index is 12.7. The van der Waals surface area contributed by atoms with Gasteiger partial charge in [0.2, 0.25) is 0 Å². The van der Waals surface area contributed by atoms with Crippen LogP contribution in [0.5, 0.6) is 0 Å². The molecular formula is C23H24ClN3O. The molecule has 0 bridgehead atoms. The van der Waals surface area contributed by atoms with E-state index >= 15 is 0 Å². The van der Waals surface area contributed by atoms with Crippen LogP contribution in [0.1, 0.15) is 40.5 Å². The minimum atomic E-state index is -0.0109. The number of fused-ring (bicyclic) bond motifs is 5. The van der Waals surface area contributed by atoms with E-state index in [-0.39, 0.29) is 11.9 Å². The van der Waals surface area contributed by atoms with Crippen molar-refractivity contribution in [1.82, 2.24) is 14.8 Å². The molecule has 5 heteroatoms. The molecule has 1 saturated heterocycles. The fourth-order valence-corrected chi connectivity index (χ4v) is 5.13. The third-order valence-corrected chi connectivity index (χ3v) is 6.63. The lowest BCUT2D eigenvalue weighted by Crippen LogP contribution is -2.48. The summed E-state index contributed by atoms with van der Waals surface area (Å²) in [5.41, 5.74) is 4.89. The van der Waals surface area contributed by atoms with Crippen LogP contribution in [0.15, 0.2) is 48.5 Å². The first kappa shape index (κ1) is 17.8. The Morgan fingerprint density at radius 3 is 2.71 bits per heavy atom. The van der Waals surface area contributed by atoms with E-state index in [1.165, 1.54) is 22.2 Å². The average Bonchev–Trinajstić information content (AvgIpc) is 3.01. The van der Waals surface area contributed by atoms with Gasteiger partial charge in [0, 0.05) is 53.4 Å². The summed E-state index contributed by atoms with van der Waals surface area (Å²) in [5, 5.41) is 5.28. The van der Waals surface area contributed by atoms with Gasteiger partial charge >= 0.3 is 0 Å². The molecule has 4 nitrogen and oxygen atoms in total. The maximum Gasteiger partial charge on any atom is 0.251 e. The lowest BCUT2D eigenvalue weighted by atomic mass is 9.88. The van der Waals surface area contributed by atoms with E-state index in [4.69, 9.17) is 11.6 Å². The van der Waals surface area contributed by atoms with E-state index in [2.05, 4.69) is 46.1 Å². The molecule has 0 radical (unpaired) electrons. The number of carbonyl (C=O) groups excluding carboxylic acids is 1. The standard InChI is InChI=1S/C23H24ClN3O/c1-26-20-5-3-2-4-18(20)19-11-13-27-12-10-17(14-21(27)22(19)26)25-23(28)15-6-8-16(24)9-7-15/h2-9,17,21H,10-14H2,1H3,(H,25,28). The van der Waals surface area contributed by atoms with Gasteiger partial charge in [0.05, 0.1) is 6.04 Å². The molecule has 5 rings (SSSR count). The molecule has 1 amide bonds. The van der Waals surface area contributed by atoms with E-state index < -0.39 is 0 Å². The highest BCUT2D eigenvalue weighted by atomic mass is 35.5. The number of rotatable bonds is 2. The number of aromatic nitrogens is 1. The van der Waals surface area contributed by atoms with Crippen LogP contribution in [-0.2, 0) is 13.5 Å². The number of hydrogen-bond acceptors (Lipinski definition) is 2. The van der Waals surface area contributed by atoms with Crippen LogP contribution >= 0.6 is 11.6 Å². The summed E-state index contributed by atoms with van der Waals surface area (Å²) in [6.45, 7) is 2.13. The molecule has 2 atom stereocenters. The van der Waals surface area contributed by atoms with Crippen molar-refractivity contribution in [3.05, 3.63) is 70.4 Å². The second-order valence-corrected chi connectivity index (χ2v) is 8.38. The van der Waals surface area contributed by atoms with E-state index in [9.17, 15) is 4.79 Å². The smallest absolute Gasteiger partial charge is 0.251 e. The Morgan fingerprint density at radius 1 is 1.11 bits per heavy atom. The van der Waals surface area contributed by atoms with Gasteiger partial charge in [0.15, 0.2) is 0 Å². The van der Waals surface area contributed by atoms with E-state index in [1.807, 2.05) is 0 Å². The molecule has 0 aliphatic carbocycles. The highest BCUT2D eigenvalue weighted by Crippen LogP contribution is 2.40. The molecule has 3 heterocycles. The topological polar surface area (TPSA) is 37.3 Å². The quantitative estimate of drug-likeness (QED) is 0.703. The van der Waals surface area contributed by atoms with Crippen molar-refractivity contribution in [2.45, 2.75) is 31.3 Å². The molecule has 3 aromatic rings. The summed E-state index contributed by atoms with van der Waals surface area (Å²) in [7, 11) is 2.18. The molecule has 2 aromatic carbocycles. The van der Waals surface area contributed by atoms with Crippen molar-refractivity contribution < 1.29 is 4.79 Å². The molecule has 2 aliphatic heterocycles. The number of nitrogens with zero attached hydrogens (tertiary/aromatic N) is 2. The molecule has 2 unspecified atom stereocenters. The lowest BCUT2D eigenvalue weighted by Gasteiger charge is -2.43. The van der Waals surface area contributed by atoms with Crippen molar-refractivity contribution in [3.8, 4) is 0 Å². The van der Waals surface area contributed by atoms with Crippen molar-refractivity contribution in [2.75, 3.05) is 13.1 Å². The SMILES string of the molecule is Cn1c2c(c3ccccc31)CCN1CCC(NC(=O)c3ccc(Cl)cc3)CC21. The zero-order valence-corrected chi connectivity index (χ0v) is 16.7. The predicted octanol–water partition coefficient (Wildman–Crippen LogP) is 4.32. The highest BCUT2D eigenvalue weighted by Gasteiger charge is 2.37. The van der Waals surface area contributed by atoms with Crippen LogP contribution in [0.25, 0.3) is 10.9 Å². The Bertz CT molecular complexity index is 1040. The van der Waals surface area contributed by atoms with Crippen LogP contribution in [0.2, 0.25) is 5.02 Å². The number of carbonyl (C=O) groups is 1. The van der Waals surface area contributed by atoms with Gasteiger partial charge in [-0.25, -0.2) is 0 Å². The van der Waals surface area contributed by atoms with Gasteiger partial charge in [-0.3, -0.25) is 9.69 Å². The summed E-state index contributed by atoms with van der Waals surface area (Å²) in [4.78, 5) is 15.3. The van der Waals surface area contributed by atoms with E-state index in [0.717, 1.165) is 32.4 Å². The minimum absolute atomic E-state index is 0.0109. The molecule has 144 valence electrons. The van der Waals surface area contributed by atoms with E-state index in [0.29, 0.717) is 16.6 Å². The van der Waals surface area contributed by atoms with Crippen LogP contribution < -0.4 is 5.32 Å². The van der Waals surface area contributed by atoms with Gasteiger partial charge < -0.3 is 9.88 Å². The summed E-state index contributed by atoms with van der Waals surface area (Å²) in [5.74, 6) is -0.0109. The van der Waals surface area contributed by atoms with Gasteiger partial charge in [0.25, 0.3) is 5.91 Å². The third kappa shape index (κ3) is 2.92. The second kappa shape index (κ2) is 6.94. The summed E-state index contributed by atoms with van der Waals surface area (Å²) in [6, 6.07) is 16.4. The predicted molar refractivity (Wildman–Crippen MR) is 113 cm³/mol. The zero-order chi connectivity index (χ0) is 19.3. The Balaban J connectivity index is 1.41. The zero-order valence-electron chi connectivity index (χ0n) is 16.0. The Hall–Kier alpha value is -2.30. The van der Waals surface area contributed by atoms with Gasteiger partial charge in [-0.15, -0.1) is 0 Å². The molecule has 0 saturated carbocycles. The summed E-state index contributed by atoms with van der Waals surface area (Å²) in [6.07, 6.45) is 3.06. The third-order valence-electron chi connectivity index (χ3n) is 6.38.